The van der Waals surface area contributed by atoms with E-state index in [-0.39, 0.29) is 23.9 Å². The Morgan fingerprint density at radius 2 is 1.79 bits per heavy atom. The summed E-state index contributed by atoms with van der Waals surface area (Å²) in [5.41, 5.74) is 2.20. The zero-order chi connectivity index (χ0) is 24.4. The number of rotatable bonds is 6. The predicted molar refractivity (Wildman–Crippen MR) is 136 cm³/mol. The van der Waals surface area contributed by atoms with E-state index >= 15 is 0 Å². The molecule has 3 heterocycles. The van der Waals surface area contributed by atoms with E-state index in [2.05, 4.69) is 36.0 Å². The van der Waals surface area contributed by atoms with Crippen molar-refractivity contribution in [1.29, 1.82) is 0 Å². The van der Waals surface area contributed by atoms with Crippen molar-refractivity contribution in [3.05, 3.63) is 57.0 Å². The maximum atomic E-state index is 13.2. The van der Waals surface area contributed by atoms with E-state index in [9.17, 15) is 14.4 Å². The summed E-state index contributed by atoms with van der Waals surface area (Å²) in [6, 6.07) is 7.68. The van der Waals surface area contributed by atoms with Gasteiger partial charge in [0.15, 0.2) is 0 Å². The standard InChI is InChI=1S/C25H31N5O3S/c1-5-28-10-12-29(13-11-28)25(33)22-17(4)21-23(34-22)26-15-30(24(21)32)14-20(31)27-19-8-6-18(7-9-19)16(2)3/h6-9,15-16H,5,10-14H2,1-4H3,(H,27,31). The number of benzene rings is 1. The van der Waals surface area contributed by atoms with Crippen molar-refractivity contribution >= 4 is 39.1 Å². The maximum absolute atomic E-state index is 13.2. The number of carbonyl (C=O) groups excluding carboxylic acids is 2. The molecule has 9 heteroatoms. The van der Waals surface area contributed by atoms with Crippen molar-refractivity contribution in [3.63, 3.8) is 0 Å². The topological polar surface area (TPSA) is 87.5 Å². The van der Waals surface area contributed by atoms with Crippen LogP contribution in [-0.2, 0) is 11.3 Å². The highest BCUT2D eigenvalue weighted by molar-refractivity contribution is 7.20. The molecule has 4 rings (SSSR count). The fourth-order valence-electron chi connectivity index (χ4n) is 4.19. The van der Waals surface area contributed by atoms with Crippen LogP contribution in [0.2, 0.25) is 0 Å². The lowest BCUT2D eigenvalue weighted by Crippen LogP contribution is -2.48. The van der Waals surface area contributed by atoms with Gasteiger partial charge in [0.25, 0.3) is 11.5 Å². The number of thiophene rings is 1. The second-order valence-electron chi connectivity index (χ2n) is 8.97. The Labute approximate surface area is 203 Å². The second-order valence-corrected chi connectivity index (χ2v) is 9.96. The van der Waals surface area contributed by atoms with Crippen LogP contribution < -0.4 is 10.9 Å². The number of piperazine rings is 1. The monoisotopic (exact) mass is 481 g/mol. The van der Waals surface area contributed by atoms with Crippen molar-refractivity contribution in [3.8, 4) is 0 Å². The Balaban J connectivity index is 1.51. The minimum Gasteiger partial charge on any atom is -0.335 e. The van der Waals surface area contributed by atoms with Crippen LogP contribution in [0.3, 0.4) is 0 Å². The SMILES string of the molecule is CCN1CCN(C(=O)c2sc3ncn(CC(=O)Nc4ccc(C(C)C)cc4)c(=O)c3c2C)CC1. The molecule has 3 aromatic rings. The van der Waals surface area contributed by atoms with Gasteiger partial charge in [-0.1, -0.05) is 32.9 Å². The van der Waals surface area contributed by atoms with Gasteiger partial charge in [0, 0.05) is 31.9 Å². The van der Waals surface area contributed by atoms with Crippen molar-refractivity contribution in [1.82, 2.24) is 19.4 Å². The minimum atomic E-state index is -0.307. The number of nitrogens with zero attached hydrogens (tertiary/aromatic N) is 4. The number of aromatic nitrogens is 2. The Kier molecular flexibility index (Phi) is 7.13. The summed E-state index contributed by atoms with van der Waals surface area (Å²) >= 11 is 1.25. The molecule has 1 aliphatic rings. The van der Waals surface area contributed by atoms with Gasteiger partial charge >= 0.3 is 0 Å². The fraction of sp³-hybridized carbons (Fsp3) is 0.440. The van der Waals surface area contributed by atoms with Crippen LogP contribution in [0.1, 0.15) is 47.5 Å². The first kappa shape index (κ1) is 24.1. The molecule has 0 atom stereocenters. The van der Waals surface area contributed by atoms with E-state index in [1.165, 1.54) is 27.8 Å². The number of likely N-dealkylation sites (N-methyl/N-ethyl adjacent to an activating group) is 1. The van der Waals surface area contributed by atoms with Crippen LogP contribution in [0.15, 0.2) is 35.4 Å². The largest absolute Gasteiger partial charge is 0.335 e. The molecule has 1 aromatic carbocycles. The number of anilines is 1. The lowest BCUT2D eigenvalue weighted by Gasteiger charge is -2.33. The molecule has 0 bridgehead atoms. The summed E-state index contributed by atoms with van der Waals surface area (Å²) in [5.74, 6) is 0.0519. The number of hydrogen-bond donors (Lipinski definition) is 1. The van der Waals surface area contributed by atoms with Gasteiger partial charge in [-0.15, -0.1) is 11.3 Å². The van der Waals surface area contributed by atoms with Gasteiger partial charge < -0.3 is 15.1 Å². The van der Waals surface area contributed by atoms with Crippen molar-refractivity contribution in [2.75, 3.05) is 38.0 Å². The van der Waals surface area contributed by atoms with Gasteiger partial charge in [0.05, 0.1) is 16.6 Å². The summed E-state index contributed by atoms with van der Waals surface area (Å²) in [6.45, 7) is 12.0. The van der Waals surface area contributed by atoms with E-state index in [0.29, 0.717) is 45.4 Å². The Morgan fingerprint density at radius 1 is 1.12 bits per heavy atom. The van der Waals surface area contributed by atoms with Crippen LogP contribution >= 0.6 is 11.3 Å². The fourth-order valence-corrected chi connectivity index (χ4v) is 5.30. The molecule has 8 nitrogen and oxygen atoms in total. The number of hydrogen-bond acceptors (Lipinski definition) is 6. The molecule has 1 aliphatic heterocycles. The molecular formula is C25H31N5O3S. The zero-order valence-corrected chi connectivity index (χ0v) is 20.9. The molecule has 1 fully saturated rings. The maximum Gasteiger partial charge on any atom is 0.264 e. The third kappa shape index (κ3) is 4.90. The second kappa shape index (κ2) is 10.1. The van der Waals surface area contributed by atoms with Crippen LogP contribution in [-0.4, -0.2) is 63.9 Å². The van der Waals surface area contributed by atoms with E-state index in [1.807, 2.05) is 29.2 Å². The van der Waals surface area contributed by atoms with Gasteiger partial charge in [-0.25, -0.2) is 4.98 Å². The molecule has 180 valence electrons. The summed E-state index contributed by atoms with van der Waals surface area (Å²) in [5, 5.41) is 3.25. The van der Waals surface area contributed by atoms with Gasteiger partial charge in [-0.3, -0.25) is 19.0 Å². The normalized spacial score (nSPS) is 14.7. The molecule has 1 saturated heterocycles. The van der Waals surface area contributed by atoms with Crippen LogP contribution in [0.5, 0.6) is 0 Å². The van der Waals surface area contributed by atoms with Crippen LogP contribution in [0, 0.1) is 6.92 Å². The Morgan fingerprint density at radius 3 is 2.41 bits per heavy atom. The average Bonchev–Trinajstić information content (AvgIpc) is 3.17. The molecule has 0 radical (unpaired) electrons. The molecular weight excluding hydrogens is 450 g/mol. The number of fused-ring (bicyclic) bond motifs is 1. The van der Waals surface area contributed by atoms with Gasteiger partial charge in [0.1, 0.15) is 11.4 Å². The van der Waals surface area contributed by atoms with Crippen LogP contribution in [0.25, 0.3) is 10.2 Å². The predicted octanol–water partition coefficient (Wildman–Crippen LogP) is 3.31. The lowest BCUT2D eigenvalue weighted by atomic mass is 10.0. The smallest absolute Gasteiger partial charge is 0.264 e. The van der Waals surface area contributed by atoms with Gasteiger partial charge in [-0.05, 0) is 42.6 Å². The van der Waals surface area contributed by atoms with E-state index in [0.717, 1.165) is 19.6 Å². The quantitative estimate of drug-likeness (QED) is 0.584. The molecule has 0 aliphatic carbocycles. The average molecular weight is 482 g/mol. The lowest BCUT2D eigenvalue weighted by molar-refractivity contribution is -0.116. The van der Waals surface area contributed by atoms with Crippen molar-refractivity contribution in [2.24, 2.45) is 0 Å². The summed E-state index contributed by atoms with van der Waals surface area (Å²) in [4.78, 5) is 48.5. The first-order valence-corrected chi connectivity index (χ1v) is 12.5. The molecule has 0 saturated carbocycles. The number of aryl methyl sites for hydroxylation is 1. The molecule has 0 spiro atoms. The highest BCUT2D eigenvalue weighted by Gasteiger charge is 2.26. The number of carbonyl (C=O) groups is 2. The van der Waals surface area contributed by atoms with Crippen molar-refractivity contribution in [2.45, 2.75) is 40.2 Å². The first-order chi connectivity index (χ1) is 16.3. The molecule has 1 N–H and O–H groups in total. The van der Waals surface area contributed by atoms with Crippen molar-refractivity contribution < 1.29 is 9.59 Å². The summed E-state index contributed by atoms with van der Waals surface area (Å²) in [7, 11) is 0. The third-order valence-electron chi connectivity index (χ3n) is 6.39. The third-order valence-corrected chi connectivity index (χ3v) is 7.58. The Hall–Kier alpha value is -3.04. The highest BCUT2D eigenvalue weighted by atomic mass is 32.1. The zero-order valence-electron chi connectivity index (χ0n) is 20.1. The first-order valence-electron chi connectivity index (χ1n) is 11.7. The van der Waals surface area contributed by atoms with E-state index in [4.69, 9.17) is 0 Å². The molecule has 2 amide bonds. The summed E-state index contributed by atoms with van der Waals surface area (Å²) < 4.78 is 1.30. The molecule has 2 aromatic heterocycles. The van der Waals surface area contributed by atoms with Gasteiger partial charge in [0.2, 0.25) is 5.91 Å². The molecule has 34 heavy (non-hydrogen) atoms. The molecule has 0 unspecified atom stereocenters. The summed E-state index contributed by atoms with van der Waals surface area (Å²) in [6.07, 6.45) is 1.39. The Bertz CT molecular complexity index is 1250. The number of nitrogens with one attached hydrogen (secondary N) is 1. The van der Waals surface area contributed by atoms with Crippen LogP contribution in [0.4, 0.5) is 5.69 Å². The van der Waals surface area contributed by atoms with E-state index in [1.54, 1.807) is 6.92 Å². The minimum absolute atomic E-state index is 0.0511. The van der Waals surface area contributed by atoms with E-state index < -0.39 is 0 Å². The number of amides is 2. The van der Waals surface area contributed by atoms with Gasteiger partial charge in [-0.2, -0.15) is 0 Å². The highest BCUT2D eigenvalue weighted by Crippen LogP contribution is 2.28.